The van der Waals surface area contributed by atoms with Gasteiger partial charge in [0, 0.05) is 37.6 Å². The molecule has 0 atom stereocenters. The van der Waals surface area contributed by atoms with Crippen molar-refractivity contribution in [2.45, 2.75) is 11.8 Å². The maximum Gasteiger partial charge on any atom is 0.294 e. The van der Waals surface area contributed by atoms with E-state index >= 15 is 0 Å². The molecule has 2 heterocycles. The highest BCUT2D eigenvalue weighted by Gasteiger charge is 2.17. The van der Waals surface area contributed by atoms with Crippen molar-refractivity contribution >= 4 is 62.1 Å². The average Bonchev–Trinajstić information content (AvgIpc) is 3.08. The highest BCUT2D eigenvalue weighted by molar-refractivity contribution is 7.85. The predicted octanol–water partition coefficient (Wildman–Crippen LogP) is 7.15. The summed E-state index contributed by atoms with van der Waals surface area (Å²) < 4.78 is 31.6. The number of benzene rings is 4. The largest absolute Gasteiger partial charge is 0.338 e. The summed E-state index contributed by atoms with van der Waals surface area (Å²) in [7, 11) is -4.27. The molecule has 4 aromatic carbocycles. The van der Waals surface area contributed by atoms with Crippen molar-refractivity contribution in [3.8, 4) is 0 Å². The van der Waals surface area contributed by atoms with Crippen LogP contribution in [0.25, 0.3) is 0 Å². The zero-order chi connectivity index (χ0) is 32.6. The van der Waals surface area contributed by atoms with Gasteiger partial charge in [0.05, 0.1) is 27.6 Å². The fraction of sp³-hybridized carbons (Fsp3) is 0.156. The number of nitrogens with one attached hydrogen (secondary N) is 3. The number of hydrogen-bond donors (Lipinski definition) is 4. The fourth-order valence-corrected chi connectivity index (χ4v) is 4.97. The van der Waals surface area contributed by atoms with Crippen molar-refractivity contribution < 1.29 is 13.0 Å². The van der Waals surface area contributed by atoms with E-state index in [1.165, 1.54) is 29.8 Å². The second-order valence-corrected chi connectivity index (χ2v) is 12.0. The van der Waals surface area contributed by atoms with Crippen LogP contribution < -0.4 is 20.9 Å². The maximum absolute atomic E-state index is 11.2. The Bertz CT molecular complexity index is 1980. The number of anilines is 5. The van der Waals surface area contributed by atoms with Crippen molar-refractivity contribution in [3.63, 3.8) is 0 Å². The molecule has 0 aliphatic carbocycles. The summed E-state index contributed by atoms with van der Waals surface area (Å²) in [6.07, 6.45) is 0. The zero-order valence-electron chi connectivity index (χ0n) is 25.3. The van der Waals surface area contributed by atoms with Crippen molar-refractivity contribution in [1.82, 2.24) is 20.3 Å². The first-order chi connectivity index (χ1) is 22.8. The van der Waals surface area contributed by atoms with Gasteiger partial charge in [-0.05, 0) is 91.9 Å². The highest BCUT2D eigenvalue weighted by Crippen LogP contribution is 2.26. The quantitative estimate of drug-likeness (QED) is 0.0895. The summed E-state index contributed by atoms with van der Waals surface area (Å²) in [5.74, 6) is 1.31. The van der Waals surface area contributed by atoms with Gasteiger partial charge in [-0.25, -0.2) is 0 Å². The van der Waals surface area contributed by atoms with Gasteiger partial charge in [-0.3, -0.25) is 4.55 Å². The fourth-order valence-electron chi connectivity index (χ4n) is 4.49. The van der Waals surface area contributed by atoms with E-state index in [2.05, 4.69) is 51.3 Å². The van der Waals surface area contributed by atoms with Crippen LogP contribution in [0.4, 0.5) is 52.0 Å². The summed E-state index contributed by atoms with van der Waals surface area (Å²) in [4.78, 5) is 15.9. The lowest BCUT2D eigenvalue weighted by molar-refractivity contribution is 0.483. The predicted molar refractivity (Wildman–Crippen MR) is 180 cm³/mol. The molecule has 0 radical (unpaired) electrons. The van der Waals surface area contributed by atoms with Crippen LogP contribution >= 0.6 is 0 Å². The molecular formula is C32H31N11O3S. The summed E-state index contributed by atoms with van der Waals surface area (Å²) in [5.41, 5.74) is 5.20. The molecule has 0 saturated carbocycles. The number of nitrogens with zero attached hydrogens (tertiary/aromatic N) is 8. The number of piperazine rings is 1. The van der Waals surface area contributed by atoms with E-state index in [-0.39, 0.29) is 4.90 Å². The van der Waals surface area contributed by atoms with Gasteiger partial charge >= 0.3 is 0 Å². The molecule has 238 valence electrons. The second kappa shape index (κ2) is 14.2. The molecule has 0 spiro atoms. The lowest BCUT2D eigenvalue weighted by atomic mass is 10.2. The van der Waals surface area contributed by atoms with Gasteiger partial charge in [0.2, 0.25) is 17.8 Å². The monoisotopic (exact) mass is 649 g/mol. The summed E-state index contributed by atoms with van der Waals surface area (Å²) in [5, 5.41) is 26.8. The minimum atomic E-state index is -4.27. The van der Waals surface area contributed by atoms with Crippen LogP contribution in [0.3, 0.4) is 0 Å². The Morgan fingerprint density at radius 3 is 1.47 bits per heavy atom. The van der Waals surface area contributed by atoms with Gasteiger partial charge in [0.25, 0.3) is 10.1 Å². The number of azo groups is 2. The average molecular weight is 650 g/mol. The molecule has 14 nitrogen and oxygen atoms in total. The molecule has 6 rings (SSSR count). The van der Waals surface area contributed by atoms with Crippen LogP contribution in [-0.4, -0.2) is 54.1 Å². The SMILES string of the molecule is Cc1ccc(N=Nc2ccc(Nc3nc(Nc4ccc(N=Nc5ccc(S(=O)(=O)O)cc5)cc4)nc(N4CCNCC4)n3)cc2)cc1. The Balaban J connectivity index is 1.15. The third-order valence-electron chi connectivity index (χ3n) is 7.00. The van der Waals surface area contributed by atoms with E-state index in [0.717, 1.165) is 43.2 Å². The van der Waals surface area contributed by atoms with Gasteiger partial charge in [-0.2, -0.15) is 43.8 Å². The lowest BCUT2D eigenvalue weighted by Crippen LogP contribution is -2.44. The molecule has 0 amide bonds. The summed E-state index contributed by atoms with van der Waals surface area (Å²) >= 11 is 0. The number of hydrogen-bond acceptors (Lipinski definition) is 13. The van der Waals surface area contributed by atoms with Crippen molar-refractivity contribution in [2.24, 2.45) is 20.5 Å². The minimum Gasteiger partial charge on any atom is -0.338 e. The molecule has 1 saturated heterocycles. The summed E-state index contributed by atoms with van der Waals surface area (Å²) in [6, 6.07) is 28.0. The minimum absolute atomic E-state index is 0.210. The molecule has 1 aliphatic rings. The molecule has 0 bridgehead atoms. The lowest BCUT2D eigenvalue weighted by Gasteiger charge is -2.27. The third kappa shape index (κ3) is 8.76. The maximum atomic E-state index is 11.2. The van der Waals surface area contributed by atoms with Crippen LogP contribution in [0.15, 0.2) is 122 Å². The van der Waals surface area contributed by atoms with Crippen LogP contribution in [-0.2, 0) is 10.1 Å². The molecule has 1 fully saturated rings. The van der Waals surface area contributed by atoms with E-state index in [9.17, 15) is 8.42 Å². The molecule has 1 aliphatic heterocycles. The number of aryl methyl sites for hydroxylation is 1. The first kappa shape index (κ1) is 31.3. The standard InChI is InChI=1S/C32H31N11O3S/c1-22-2-4-25(5-3-22)39-40-26-10-6-23(7-11-26)34-30-36-31(38-32(37-30)43-20-18-33-19-21-43)35-24-8-12-27(13-9-24)41-42-28-14-16-29(17-15-28)47(44,45)46/h2-17,33H,18-21H2,1H3,(H,44,45,46)(H2,34,35,36,37,38). The van der Waals surface area contributed by atoms with E-state index in [1.54, 1.807) is 12.1 Å². The molecule has 1 aromatic heterocycles. The molecule has 4 N–H and O–H groups in total. The third-order valence-corrected chi connectivity index (χ3v) is 7.87. The summed E-state index contributed by atoms with van der Waals surface area (Å²) in [6.45, 7) is 5.22. The van der Waals surface area contributed by atoms with Crippen LogP contribution in [0.1, 0.15) is 5.56 Å². The first-order valence-electron chi connectivity index (χ1n) is 14.7. The number of rotatable bonds is 10. The van der Waals surface area contributed by atoms with E-state index in [1.807, 2.05) is 67.6 Å². The van der Waals surface area contributed by atoms with Crippen molar-refractivity contribution in [3.05, 3.63) is 103 Å². The molecular weight excluding hydrogens is 618 g/mol. The van der Waals surface area contributed by atoms with E-state index < -0.39 is 10.1 Å². The molecule has 0 unspecified atom stereocenters. The smallest absolute Gasteiger partial charge is 0.294 e. The highest BCUT2D eigenvalue weighted by atomic mass is 32.2. The normalized spacial score (nSPS) is 13.7. The Morgan fingerprint density at radius 1 is 0.638 bits per heavy atom. The van der Waals surface area contributed by atoms with Crippen LogP contribution in [0.5, 0.6) is 0 Å². The molecule has 5 aromatic rings. The van der Waals surface area contributed by atoms with Crippen molar-refractivity contribution in [1.29, 1.82) is 0 Å². The molecule has 15 heteroatoms. The van der Waals surface area contributed by atoms with Gasteiger partial charge in [-0.15, -0.1) is 0 Å². The topological polar surface area (TPSA) is 182 Å². The van der Waals surface area contributed by atoms with Crippen LogP contribution in [0, 0.1) is 6.92 Å². The van der Waals surface area contributed by atoms with Crippen molar-refractivity contribution in [2.75, 3.05) is 41.7 Å². The Labute approximate surface area is 271 Å². The Kier molecular flexibility index (Phi) is 9.47. The number of aromatic nitrogens is 3. The van der Waals surface area contributed by atoms with E-state index in [4.69, 9.17) is 9.54 Å². The van der Waals surface area contributed by atoms with Gasteiger partial charge in [0.15, 0.2) is 0 Å². The first-order valence-corrected chi connectivity index (χ1v) is 16.1. The zero-order valence-corrected chi connectivity index (χ0v) is 26.1. The van der Waals surface area contributed by atoms with E-state index in [0.29, 0.717) is 34.9 Å². The Hall–Kier alpha value is -5.64. The van der Waals surface area contributed by atoms with Gasteiger partial charge in [-0.1, -0.05) is 17.7 Å². The molecule has 47 heavy (non-hydrogen) atoms. The van der Waals surface area contributed by atoms with Gasteiger partial charge in [0.1, 0.15) is 0 Å². The van der Waals surface area contributed by atoms with Crippen LogP contribution in [0.2, 0.25) is 0 Å². The van der Waals surface area contributed by atoms with Gasteiger partial charge < -0.3 is 20.9 Å². The Morgan fingerprint density at radius 2 is 1.04 bits per heavy atom. The second-order valence-electron chi connectivity index (χ2n) is 10.6.